The van der Waals surface area contributed by atoms with Gasteiger partial charge in [-0.15, -0.1) is 17.2 Å². The summed E-state index contributed by atoms with van der Waals surface area (Å²) >= 11 is 5.36. The molecule has 0 radical (unpaired) electrons. The Bertz CT molecular complexity index is 198. The Labute approximate surface area is 79.0 Å². The zero-order valence-electron chi connectivity index (χ0n) is 6.68. The average molecular weight is 212 g/mol. The highest BCUT2D eigenvalue weighted by molar-refractivity contribution is 6.17. The van der Waals surface area contributed by atoms with Crippen molar-refractivity contribution in [1.82, 2.24) is 10.6 Å². The zero-order valence-corrected chi connectivity index (χ0v) is 7.44. The van der Waals surface area contributed by atoms with Gasteiger partial charge in [0.15, 0.2) is 5.03 Å². The Morgan fingerprint density at radius 3 is 2.85 bits per heavy atom. The number of nitrogens with zero attached hydrogens (tertiary/aromatic N) is 3. The standard InChI is InChI=1S/C4H10ClN5O3/c5-2-1-3-9(8-11)4(6)7-10(12)13/h8,11H,1-3H2,(H2,6,7). The first kappa shape index (κ1) is 11.9. The van der Waals surface area contributed by atoms with Crippen LogP contribution in [0, 0.1) is 10.1 Å². The first-order valence-corrected chi connectivity index (χ1v) is 3.87. The van der Waals surface area contributed by atoms with Crippen LogP contribution in [0.1, 0.15) is 6.42 Å². The average Bonchev–Trinajstić information content (AvgIpc) is 2.04. The summed E-state index contributed by atoms with van der Waals surface area (Å²) in [5.41, 5.74) is 6.80. The van der Waals surface area contributed by atoms with Gasteiger partial charge in [0.2, 0.25) is 0 Å². The second kappa shape index (κ2) is 6.40. The van der Waals surface area contributed by atoms with Crippen molar-refractivity contribution in [2.75, 3.05) is 12.4 Å². The molecule has 0 aliphatic carbocycles. The van der Waals surface area contributed by atoms with Gasteiger partial charge in [-0.05, 0) is 6.42 Å². The highest BCUT2D eigenvalue weighted by Crippen LogP contribution is 1.89. The van der Waals surface area contributed by atoms with Crippen molar-refractivity contribution in [2.24, 2.45) is 10.8 Å². The van der Waals surface area contributed by atoms with E-state index >= 15 is 0 Å². The van der Waals surface area contributed by atoms with Crippen LogP contribution in [0.3, 0.4) is 0 Å². The van der Waals surface area contributed by atoms with Crippen LogP contribution in [-0.2, 0) is 0 Å². The van der Waals surface area contributed by atoms with E-state index in [0.717, 1.165) is 5.01 Å². The fourth-order valence-corrected chi connectivity index (χ4v) is 0.691. The van der Waals surface area contributed by atoms with Crippen LogP contribution in [0.15, 0.2) is 5.10 Å². The summed E-state index contributed by atoms with van der Waals surface area (Å²) < 4.78 is 0. The lowest BCUT2D eigenvalue weighted by atomic mass is 10.5. The van der Waals surface area contributed by atoms with Gasteiger partial charge in [0.25, 0.3) is 5.96 Å². The molecule has 0 bridgehead atoms. The summed E-state index contributed by atoms with van der Waals surface area (Å²) in [6.45, 7) is 0.225. The third-order valence-corrected chi connectivity index (χ3v) is 1.36. The normalized spacial score (nSPS) is 11.4. The summed E-state index contributed by atoms with van der Waals surface area (Å²) in [6.07, 6.45) is 0.503. The Hall–Kier alpha value is -1.12. The number of hydrogen-bond donors (Lipinski definition) is 3. The van der Waals surface area contributed by atoms with Crippen LogP contribution in [0.4, 0.5) is 0 Å². The molecule has 0 spiro atoms. The van der Waals surface area contributed by atoms with Crippen LogP contribution in [0.5, 0.6) is 0 Å². The molecular formula is C4H10ClN5O3. The van der Waals surface area contributed by atoms with Crippen LogP contribution in [0.25, 0.3) is 0 Å². The molecule has 9 heteroatoms. The molecule has 0 atom stereocenters. The number of hydrogen-bond acceptors (Lipinski definition) is 4. The first-order valence-electron chi connectivity index (χ1n) is 3.33. The molecule has 0 aromatic heterocycles. The summed E-state index contributed by atoms with van der Waals surface area (Å²) in [4.78, 5) is 9.88. The third kappa shape index (κ3) is 5.17. The van der Waals surface area contributed by atoms with E-state index in [-0.39, 0.29) is 6.54 Å². The number of rotatable bonds is 5. The zero-order chi connectivity index (χ0) is 10.3. The molecule has 4 N–H and O–H groups in total. The predicted octanol–water partition coefficient (Wildman–Crippen LogP) is -0.683. The lowest BCUT2D eigenvalue weighted by Crippen LogP contribution is -2.46. The Morgan fingerprint density at radius 1 is 1.85 bits per heavy atom. The van der Waals surface area contributed by atoms with Crippen LogP contribution >= 0.6 is 11.6 Å². The smallest absolute Gasteiger partial charge is 0.284 e. The van der Waals surface area contributed by atoms with Gasteiger partial charge in [-0.3, -0.25) is 10.2 Å². The largest absolute Gasteiger partial charge is 0.363 e. The van der Waals surface area contributed by atoms with Gasteiger partial charge in [-0.25, -0.2) is 10.1 Å². The van der Waals surface area contributed by atoms with Crippen molar-refractivity contribution in [3.8, 4) is 0 Å². The molecule has 0 saturated heterocycles. The molecule has 0 unspecified atom stereocenters. The van der Waals surface area contributed by atoms with Gasteiger partial charge < -0.3 is 5.73 Å². The van der Waals surface area contributed by atoms with Crippen molar-refractivity contribution in [3.05, 3.63) is 10.1 Å². The molecule has 0 amide bonds. The minimum atomic E-state index is -0.958. The van der Waals surface area contributed by atoms with Gasteiger partial charge >= 0.3 is 0 Å². The van der Waals surface area contributed by atoms with Gasteiger partial charge in [-0.1, -0.05) is 0 Å². The minimum Gasteiger partial charge on any atom is -0.363 e. The highest BCUT2D eigenvalue weighted by atomic mass is 35.5. The molecular weight excluding hydrogens is 202 g/mol. The van der Waals surface area contributed by atoms with E-state index in [2.05, 4.69) is 5.10 Å². The van der Waals surface area contributed by atoms with E-state index in [1.807, 2.05) is 0 Å². The number of guanidine groups is 1. The van der Waals surface area contributed by atoms with Gasteiger partial charge in [0, 0.05) is 12.4 Å². The highest BCUT2D eigenvalue weighted by Gasteiger charge is 2.09. The summed E-state index contributed by atoms with van der Waals surface area (Å²) in [5, 5.41) is 21.1. The maximum absolute atomic E-state index is 9.88. The minimum absolute atomic E-state index is 0.225. The van der Waals surface area contributed by atoms with Crippen molar-refractivity contribution in [3.63, 3.8) is 0 Å². The van der Waals surface area contributed by atoms with Gasteiger partial charge in [0.1, 0.15) is 5.10 Å². The second-order valence-electron chi connectivity index (χ2n) is 1.99. The fourth-order valence-electron chi connectivity index (χ4n) is 0.571. The Kier molecular flexibility index (Phi) is 5.85. The van der Waals surface area contributed by atoms with Gasteiger partial charge in [-0.2, -0.15) is 0 Å². The van der Waals surface area contributed by atoms with Crippen LogP contribution < -0.4 is 11.3 Å². The number of nitrogens with one attached hydrogen (secondary N) is 1. The molecule has 0 fully saturated rings. The van der Waals surface area contributed by atoms with E-state index in [4.69, 9.17) is 22.5 Å². The maximum Gasteiger partial charge on any atom is 0.284 e. The third-order valence-electron chi connectivity index (χ3n) is 1.10. The molecule has 0 aromatic rings. The topological polar surface area (TPSA) is 117 Å². The van der Waals surface area contributed by atoms with Crippen molar-refractivity contribution in [2.45, 2.75) is 6.42 Å². The van der Waals surface area contributed by atoms with Crippen molar-refractivity contribution < 1.29 is 10.2 Å². The number of halogens is 1. The molecule has 13 heavy (non-hydrogen) atoms. The van der Waals surface area contributed by atoms with Crippen molar-refractivity contribution in [1.29, 1.82) is 0 Å². The predicted molar refractivity (Wildman–Crippen MR) is 45.6 cm³/mol. The fraction of sp³-hybridized carbons (Fsp3) is 0.750. The van der Waals surface area contributed by atoms with E-state index in [9.17, 15) is 10.1 Å². The summed E-state index contributed by atoms with van der Waals surface area (Å²) in [7, 11) is 0. The number of hydrazone groups is 1. The Balaban J connectivity index is 4.13. The summed E-state index contributed by atoms with van der Waals surface area (Å²) in [6, 6.07) is 0. The van der Waals surface area contributed by atoms with E-state index in [1.165, 1.54) is 0 Å². The molecule has 0 aliphatic rings. The number of nitro groups is 1. The number of nitrogens with two attached hydrogens (primary N) is 1. The lowest BCUT2D eigenvalue weighted by molar-refractivity contribution is -0.486. The van der Waals surface area contributed by atoms with E-state index in [0.29, 0.717) is 12.3 Å². The molecule has 0 aromatic carbocycles. The SMILES string of the molecule is NC(=N[N+](=O)[O-])N(CCCCl)NO. The lowest BCUT2D eigenvalue weighted by Gasteiger charge is -2.17. The molecule has 8 nitrogen and oxygen atoms in total. The second-order valence-corrected chi connectivity index (χ2v) is 2.37. The quantitative estimate of drug-likeness (QED) is 0.182. The van der Waals surface area contributed by atoms with Gasteiger partial charge in [0.05, 0.1) is 0 Å². The molecule has 0 rings (SSSR count). The molecule has 0 heterocycles. The van der Waals surface area contributed by atoms with Crippen LogP contribution in [0.2, 0.25) is 0 Å². The summed E-state index contributed by atoms with van der Waals surface area (Å²) in [5.74, 6) is -0.0816. The molecule has 0 aliphatic heterocycles. The number of alkyl halides is 1. The van der Waals surface area contributed by atoms with Crippen molar-refractivity contribution >= 4 is 17.6 Å². The molecule has 0 saturated carbocycles. The maximum atomic E-state index is 9.88. The Morgan fingerprint density at radius 2 is 2.46 bits per heavy atom. The first-order chi connectivity index (χ1) is 6.11. The molecule has 76 valence electrons. The van der Waals surface area contributed by atoms with Crippen LogP contribution in [-0.4, -0.2) is 33.6 Å². The number of hydrazine groups is 1. The van der Waals surface area contributed by atoms with E-state index in [1.54, 1.807) is 5.59 Å². The monoisotopic (exact) mass is 211 g/mol. The van der Waals surface area contributed by atoms with E-state index < -0.39 is 11.0 Å².